The first kappa shape index (κ1) is 16.5. The molecule has 0 unspecified atom stereocenters. The van der Waals surface area contributed by atoms with E-state index >= 15 is 0 Å². The SMILES string of the molecule is Cc1nn(-c2ccc(Cl)cc2)c(NC(=O)CN2CCCC2=O)c1C. The summed E-state index contributed by atoms with van der Waals surface area (Å²) in [6.07, 6.45) is 1.33. The van der Waals surface area contributed by atoms with E-state index in [1.807, 2.05) is 26.0 Å². The van der Waals surface area contributed by atoms with Crippen LogP contribution in [0.5, 0.6) is 0 Å². The van der Waals surface area contributed by atoms with Crippen molar-refractivity contribution in [3.8, 4) is 5.69 Å². The quantitative estimate of drug-likeness (QED) is 0.925. The van der Waals surface area contributed by atoms with Crippen LogP contribution in [0.1, 0.15) is 24.1 Å². The van der Waals surface area contributed by atoms with Gasteiger partial charge in [0.1, 0.15) is 5.82 Å². The molecular formula is C17H19ClN4O2. The summed E-state index contributed by atoms with van der Waals surface area (Å²) in [5.74, 6) is 0.430. The maximum Gasteiger partial charge on any atom is 0.245 e. The maximum atomic E-state index is 12.3. The summed E-state index contributed by atoms with van der Waals surface area (Å²) in [6.45, 7) is 4.51. The molecule has 126 valence electrons. The van der Waals surface area contributed by atoms with Gasteiger partial charge in [-0.1, -0.05) is 11.6 Å². The van der Waals surface area contributed by atoms with Crippen LogP contribution in [0, 0.1) is 13.8 Å². The van der Waals surface area contributed by atoms with E-state index < -0.39 is 0 Å². The highest BCUT2D eigenvalue weighted by molar-refractivity contribution is 6.30. The minimum Gasteiger partial charge on any atom is -0.333 e. The first-order valence-corrected chi connectivity index (χ1v) is 8.23. The van der Waals surface area contributed by atoms with Gasteiger partial charge < -0.3 is 10.2 Å². The van der Waals surface area contributed by atoms with Gasteiger partial charge in [-0.3, -0.25) is 9.59 Å². The Hall–Kier alpha value is -2.34. The number of amides is 2. The van der Waals surface area contributed by atoms with Gasteiger partial charge in [0, 0.05) is 23.6 Å². The average molecular weight is 347 g/mol. The number of anilines is 1. The predicted molar refractivity (Wildman–Crippen MR) is 92.5 cm³/mol. The summed E-state index contributed by atoms with van der Waals surface area (Å²) < 4.78 is 1.69. The van der Waals surface area contributed by atoms with Crippen molar-refractivity contribution in [2.45, 2.75) is 26.7 Å². The summed E-state index contributed by atoms with van der Waals surface area (Å²) >= 11 is 5.93. The molecule has 0 atom stereocenters. The molecule has 0 bridgehead atoms. The van der Waals surface area contributed by atoms with Crippen LogP contribution < -0.4 is 5.32 Å². The molecule has 0 radical (unpaired) electrons. The molecule has 7 heteroatoms. The Morgan fingerprint density at radius 2 is 2.00 bits per heavy atom. The van der Waals surface area contributed by atoms with E-state index in [9.17, 15) is 9.59 Å². The van der Waals surface area contributed by atoms with Crippen molar-refractivity contribution in [1.29, 1.82) is 0 Å². The van der Waals surface area contributed by atoms with E-state index in [1.165, 1.54) is 0 Å². The van der Waals surface area contributed by atoms with E-state index in [1.54, 1.807) is 21.7 Å². The molecule has 0 aliphatic carbocycles. The van der Waals surface area contributed by atoms with Gasteiger partial charge in [-0.2, -0.15) is 5.10 Å². The third kappa shape index (κ3) is 3.28. The number of carbonyl (C=O) groups is 2. The molecule has 6 nitrogen and oxygen atoms in total. The molecule has 1 aromatic carbocycles. The van der Waals surface area contributed by atoms with Crippen molar-refractivity contribution < 1.29 is 9.59 Å². The van der Waals surface area contributed by atoms with Crippen LogP contribution in [0.4, 0.5) is 5.82 Å². The fourth-order valence-electron chi connectivity index (χ4n) is 2.74. The number of nitrogens with zero attached hydrogens (tertiary/aromatic N) is 3. The van der Waals surface area contributed by atoms with Crippen LogP contribution in [0.3, 0.4) is 0 Å². The van der Waals surface area contributed by atoms with Gasteiger partial charge in [0.25, 0.3) is 0 Å². The second-order valence-electron chi connectivity index (χ2n) is 5.91. The number of hydrogen-bond donors (Lipinski definition) is 1. The highest BCUT2D eigenvalue weighted by Crippen LogP contribution is 2.24. The predicted octanol–water partition coefficient (Wildman–Crippen LogP) is 2.70. The van der Waals surface area contributed by atoms with Crippen LogP contribution >= 0.6 is 11.6 Å². The number of aromatic nitrogens is 2. The Morgan fingerprint density at radius 3 is 2.62 bits per heavy atom. The van der Waals surface area contributed by atoms with Gasteiger partial charge in [0.15, 0.2) is 0 Å². The third-order valence-electron chi connectivity index (χ3n) is 4.19. The van der Waals surface area contributed by atoms with E-state index in [2.05, 4.69) is 10.4 Å². The van der Waals surface area contributed by atoms with Crippen molar-refractivity contribution in [2.24, 2.45) is 0 Å². The summed E-state index contributed by atoms with van der Waals surface area (Å²) in [4.78, 5) is 25.6. The second-order valence-corrected chi connectivity index (χ2v) is 6.35. The molecule has 0 saturated carbocycles. The number of likely N-dealkylation sites (tertiary alicyclic amines) is 1. The number of nitrogens with one attached hydrogen (secondary N) is 1. The Labute approximate surface area is 145 Å². The fraction of sp³-hybridized carbons (Fsp3) is 0.353. The monoisotopic (exact) mass is 346 g/mol. The molecule has 2 heterocycles. The van der Waals surface area contributed by atoms with Crippen molar-refractivity contribution in [3.63, 3.8) is 0 Å². The van der Waals surface area contributed by atoms with Gasteiger partial charge >= 0.3 is 0 Å². The molecule has 1 N–H and O–H groups in total. The zero-order valence-corrected chi connectivity index (χ0v) is 14.4. The summed E-state index contributed by atoms with van der Waals surface area (Å²) in [7, 11) is 0. The molecule has 2 amide bonds. The minimum atomic E-state index is -0.219. The molecular weight excluding hydrogens is 328 g/mol. The van der Waals surface area contributed by atoms with Crippen molar-refractivity contribution in [3.05, 3.63) is 40.5 Å². The zero-order chi connectivity index (χ0) is 17.3. The van der Waals surface area contributed by atoms with Crippen LogP contribution in [0.15, 0.2) is 24.3 Å². The van der Waals surface area contributed by atoms with Crippen molar-refractivity contribution in [2.75, 3.05) is 18.4 Å². The van der Waals surface area contributed by atoms with Gasteiger partial charge in [-0.15, -0.1) is 0 Å². The highest BCUT2D eigenvalue weighted by atomic mass is 35.5. The molecule has 1 saturated heterocycles. The second kappa shape index (κ2) is 6.65. The van der Waals surface area contributed by atoms with Crippen LogP contribution in [-0.4, -0.2) is 39.6 Å². The Morgan fingerprint density at radius 1 is 1.29 bits per heavy atom. The Kier molecular flexibility index (Phi) is 4.57. The van der Waals surface area contributed by atoms with Gasteiger partial charge in [-0.05, 0) is 44.5 Å². The average Bonchev–Trinajstić information content (AvgIpc) is 3.06. The normalized spacial score (nSPS) is 14.3. The number of rotatable bonds is 4. The molecule has 1 aliphatic rings. The molecule has 3 rings (SSSR count). The number of hydrogen-bond acceptors (Lipinski definition) is 3. The third-order valence-corrected chi connectivity index (χ3v) is 4.45. The Bertz CT molecular complexity index is 783. The fourth-order valence-corrected chi connectivity index (χ4v) is 2.86. The first-order valence-electron chi connectivity index (χ1n) is 7.85. The summed E-state index contributed by atoms with van der Waals surface area (Å²) in [5.41, 5.74) is 2.53. The van der Waals surface area contributed by atoms with Crippen molar-refractivity contribution in [1.82, 2.24) is 14.7 Å². The van der Waals surface area contributed by atoms with E-state index in [0.29, 0.717) is 23.8 Å². The van der Waals surface area contributed by atoms with E-state index in [4.69, 9.17) is 11.6 Å². The van der Waals surface area contributed by atoms with Crippen molar-refractivity contribution >= 4 is 29.2 Å². The molecule has 1 aliphatic heterocycles. The largest absolute Gasteiger partial charge is 0.333 e. The summed E-state index contributed by atoms with van der Waals surface area (Å²) in [5, 5.41) is 8.02. The number of halogens is 1. The number of benzene rings is 1. The van der Waals surface area contributed by atoms with E-state index in [0.717, 1.165) is 23.4 Å². The topological polar surface area (TPSA) is 67.2 Å². The smallest absolute Gasteiger partial charge is 0.245 e. The maximum absolute atomic E-state index is 12.3. The van der Waals surface area contributed by atoms with E-state index in [-0.39, 0.29) is 18.4 Å². The first-order chi connectivity index (χ1) is 11.5. The lowest BCUT2D eigenvalue weighted by Gasteiger charge is -2.16. The molecule has 24 heavy (non-hydrogen) atoms. The summed E-state index contributed by atoms with van der Waals surface area (Å²) in [6, 6.07) is 7.23. The molecule has 1 fully saturated rings. The van der Waals surface area contributed by atoms with Gasteiger partial charge in [0.05, 0.1) is 17.9 Å². The standard InChI is InChI=1S/C17H19ClN4O2/c1-11-12(2)20-22(14-7-5-13(18)6-8-14)17(11)19-15(23)10-21-9-3-4-16(21)24/h5-8H,3-4,9-10H2,1-2H3,(H,19,23). The van der Waals surface area contributed by atoms with Crippen LogP contribution in [0.2, 0.25) is 5.02 Å². The molecule has 1 aromatic heterocycles. The lowest BCUT2D eigenvalue weighted by atomic mass is 10.2. The number of aryl methyl sites for hydroxylation is 1. The van der Waals surface area contributed by atoms with Crippen LogP contribution in [-0.2, 0) is 9.59 Å². The minimum absolute atomic E-state index is 0.0317. The highest BCUT2D eigenvalue weighted by Gasteiger charge is 2.23. The van der Waals surface area contributed by atoms with Gasteiger partial charge in [-0.25, -0.2) is 4.68 Å². The lowest BCUT2D eigenvalue weighted by Crippen LogP contribution is -2.34. The molecule has 0 spiro atoms. The Balaban J connectivity index is 1.83. The zero-order valence-electron chi connectivity index (χ0n) is 13.7. The lowest BCUT2D eigenvalue weighted by molar-refractivity contribution is -0.131. The number of carbonyl (C=O) groups excluding carboxylic acids is 2. The molecule has 2 aromatic rings. The van der Waals surface area contributed by atoms with Crippen LogP contribution in [0.25, 0.3) is 5.69 Å². The van der Waals surface area contributed by atoms with Gasteiger partial charge in [0.2, 0.25) is 11.8 Å².